The van der Waals surface area contributed by atoms with E-state index in [2.05, 4.69) is 14.9 Å². The van der Waals surface area contributed by atoms with E-state index in [1.54, 1.807) is 13.3 Å². The molecule has 1 unspecified atom stereocenters. The molecule has 0 saturated carbocycles. The number of ether oxygens (including phenoxy) is 1. The maximum Gasteiger partial charge on any atom is 0.147 e. The average molecular weight is 256 g/mol. The Hall–Kier alpha value is -0.870. The average Bonchev–Trinajstić information content (AvgIpc) is 2.40. The van der Waals surface area contributed by atoms with Crippen molar-refractivity contribution in [3.8, 4) is 0 Å². The Balaban J connectivity index is 2.00. The van der Waals surface area contributed by atoms with Crippen LogP contribution in [-0.4, -0.2) is 36.8 Å². The Morgan fingerprint density at radius 2 is 2.35 bits per heavy atom. The first-order valence-electron chi connectivity index (χ1n) is 5.94. The summed E-state index contributed by atoms with van der Waals surface area (Å²) in [7, 11) is 1.76. The summed E-state index contributed by atoms with van der Waals surface area (Å²) in [6, 6.07) is 0. The summed E-state index contributed by atoms with van der Waals surface area (Å²) in [6.45, 7) is 2.88. The molecule has 0 bridgehead atoms. The van der Waals surface area contributed by atoms with Crippen LogP contribution < -0.4 is 4.90 Å². The lowest BCUT2D eigenvalue weighted by molar-refractivity contribution is 0.143. The second-order valence-electron chi connectivity index (χ2n) is 4.41. The molecular weight excluding hydrogens is 238 g/mol. The zero-order valence-electron chi connectivity index (χ0n) is 10.1. The van der Waals surface area contributed by atoms with Gasteiger partial charge in [-0.25, -0.2) is 4.98 Å². The van der Waals surface area contributed by atoms with Crippen LogP contribution in [0.15, 0.2) is 12.4 Å². The Morgan fingerprint density at radius 3 is 3.00 bits per heavy atom. The zero-order valence-corrected chi connectivity index (χ0v) is 10.9. The van der Waals surface area contributed by atoms with Gasteiger partial charge in [0, 0.05) is 20.2 Å². The largest absolute Gasteiger partial charge is 0.384 e. The smallest absolute Gasteiger partial charge is 0.147 e. The van der Waals surface area contributed by atoms with E-state index < -0.39 is 0 Å². The molecule has 0 aliphatic carbocycles. The number of hydrogen-bond acceptors (Lipinski definition) is 4. The van der Waals surface area contributed by atoms with Crippen molar-refractivity contribution in [1.82, 2.24) is 9.97 Å². The quantitative estimate of drug-likeness (QED) is 0.772. The van der Waals surface area contributed by atoms with Gasteiger partial charge < -0.3 is 9.64 Å². The minimum absolute atomic E-state index is 0.416. The maximum atomic E-state index is 5.70. The van der Waals surface area contributed by atoms with Gasteiger partial charge in [-0.2, -0.15) is 0 Å². The molecule has 5 heteroatoms. The highest BCUT2D eigenvalue weighted by Gasteiger charge is 2.20. The molecule has 0 N–H and O–H groups in total. The molecule has 2 rings (SSSR count). The van der Waals surface area contributed by atoms with Gasteiger partial charge >= 0.3 is 0 Å². The van der Waals surface area contributed by atoms with Crippen molar-refractivity contribution in [2.45, 2.75) is 18.7 Å². The monoisotopic (exact) mass is 255 g/mol. The Morgan fingerprint density at radius 1 is 1.47 bits per heavy atom. The van der Waals surface area contributed by atoms with Gasteiger partial charge in [0.1, 0.15) is 5.82 Å². The molecule has 1 aromatic heterocycles. The first-order chi connectivity index (χ1) is 8.33. The zero-order chi connectivity index (χ0) is 12.1. The number of alkyl halides is 1. The van der Waals surface area contributed by atoms with Gasteiger partial charge in [-0.3, -0.25) is 4.98 Å². The van der Waals surface area contributed by atoms with Gasteiger partial charge in [0.25, 0.3) is 0 Å². The normalized spacial score (nSPS) is 20.6. The fraction of sp³-hybridized carbons (Fsp3) is 0.667. The summed E-state index contributed by atoms with van der Waals surface area (Å²) in [5, 5.41) is 0. The first-order valence-corrected chi connectivity index (χ1v) is 6.47. The van der Waals surface area contributed by atoms with E-state index in [0.29, 0.717) is 11.8 Å². The van der Waals surface area contributed by atoms with E-state index in [4.69, 9.17) is 16.3 Å². The molecule has 0 amide bonds. The minimum Gasteiger partial charge on any atom is -0.384 e. The number of nitrogens with zero attached hydrogens (tertiary/aromatic N) is 3. The minimum atomic E-state index is 0.416. The van der Waals surface area contributed by atoms with Gasteiger partial charge in [0.2, 0.25) is 0 Å². The van der Waals surface area contributed by atoms with Crippen molar-refractivity contribution >= 4 is 17.4 Å². The number of methoxy groups -OCH3 is 1. The van der Waals surface area contributed by atoms with Crippen LogP contribution in [-0.2, 0) is 10.6 Å². The lowest BCUT2D eigenvalue weighted by Crippen LogP contribution is -2.37. The fourth-order valence-corrected chi connectivity index (χ4v) is 2.36. The van der Waals surface area contributed by atoms with Crippen LogP contribution in [0.3, 0.4) is 0 Å². The number of piperidine rings is 1. The van der Waals surface area contributed by atoms with E-state index in [1.165, 1.54) is 12.8 Å². The van der Waals surface area contributed by atoms with Crippen LogP contribution in [0.2, 0.25) is 0 Å². The number of aromatic nitrogens is 2. The molecule has 2 heterocycles. The highest BCUT2D eigenvalue weighted by atomic mass is 35.5. The van der Waals surface area contributed by atoms with Gasteiger partial charge in [0.05, 0.1) is 30.6 Å². The summed E-state index contributed by atoms with van der Waals surface area (Å²) in [4.78, 5) is 11.0. The predicted molar refractivity (Wildman–Crippen MR) is 68.4 cm³/mol. The standard InChI is InChI=1S/C12H18ClN3O/c1-17-9-10-3-2-4-16(8-10)12-7-14-11(5-13)6-15-12/h6-7,10H,2-5,8-9H2,1H3. The van der Waals surface area contributed by atoms with Gasteiger partial charge in [-0.05, 0) is 18.8 Å². The maximum absolute atomic E-state index is 5.70. The molecule has 1 fully saturated rings. The van der Waals surface area contributed by atoms with Gasteiger partial charge in [-0.1, -0.05) is 0 Å². The van der Waals surface area contributed by atoms with E-state index >= 15 is 0 Å². The SMILES string of the molecule is COCC1CCCN(c2cnc(CCl)cn2)C1. The van der Waals surface area contributed by atoms with E-state index in [1.807, 2.05) is 6.20 Å². The summed E-state index contributed by atoms with van der Waals surface area (Å²) in [6.07, 6.45) is 5.99. The van der Waals surface area contributed by atoms with Crippen LogP contribution in [0.25, 0.3) is 0 Å². The number of halogens is 1. The molecule has 0 radical (unpaired) electrons. The Bertz CT molecular complexity index is 342. The van der Waals surface area contributed by atoms with Crippen molar-refractivity contribution in [2.24, 2.45) is 5.92 Å². The molecule has 0 aromatic carbocycles. The number of anilines is 1. The highest BCUT2D eigenvalue weighted by Crippen LogP contribution is 2.21. The molecule has 4 nitrogen and oxygen atoms in total. The third-order valence-electron chi connectivity index (χ3n) is 3.07. The van der Waals surface area contributed by atoms with E-state index in [9.17, 15) is 0 Å². The van der Waals surface area contributed by atoms with Gasteiger partial charge in [-0.15, -0.1) is 11.6 Å². The first kappa shape index (κ1) is 12.6. The molecule has 1 aromatic rings. The second kappa shape index (κ2) is 6.17. The number of rotatable bonds is 4. The molecule has 17 heavy (non-hydrogen) atoms. The predicted octanol–water partition coefficient (Wildman–Crippen LogP) is 2.08. The molecule has 1 saturated heterocycles. The van der Waals surface area contributed by atoms with E-state index in [-0.39, 0.29) is 0 Å². The second-order valence-corrected chi connectivity index (χ2v) is 4.68. The molecule has 94 valence electrons. The summed E-state index contributed by atoms with van der Waals surface area (Å²) < 4.78 is 5.22. The summed E-state index contributed by atoms with van der Waals surface area (Å²) >= 11 is 5.70. The lowest BCUT2D eigenvalue weighted by Gasteiger charge is -2.33. The summed E-state index contributed by atoms with van der Waals surface area (Å²) in [5.74, 6) is 1.96. The molecule has 0 spiro atoms. The van der Waals surface area contributed by atoms with Crippen molar-refractivity contribution in [3.05, 3.63) is 18.1 Å². The van der Waals surface area contributed by atoms with Crippen LogP contribution in [0.4, 0.5) is 5.82 Å². The van der Waals surface area contributed by atoms with Crippen LogP contribution >= 0.6 is 11.6 Å². The Kier molecular flexibility index (Phi) is 4.57. The Labute approximate surface area is 107 Å². The van der Waals surface area contributed by atoms with Crippen molar-refractivity contribution in [2.75, 3.05) is 31.7 Å². The van der Waals surface area contributed by atoms with E-state index in [0.717, 1.165) is 31.2 Å². The molecule has 1 atom stereocenters. The van der Waals surface area contributed by atoms with Gasteiger partial charge in [0.15, 0.2) is 0 Å². The third kappa shape index (κ3) is 3.30. The van der Waals surface area contributed by atoms with Crippen LogP contribution in [0, 0.1) is 5.92 Å². The number of hydrogen-bond donors (Lipinski definition) is 0. The van der Waals surface area contributed by atoms with Crippen molar-refractivity contribution in [1.29, 1.82) is 0 Å². The van der Waals surface area contributed by atoms with Crippen molar-refractivity contribution < 1.29 is 4.74 Å². The molecule has 1 aliphatic rings. The highest BCUT2D eigenvalue weighted by molar-refractivity contribution is 6.16. The fourth-order valence-electron chi connectivity index (χ4n) is 2.23. The van der Waals surface area contributed by atoms with Crippen molar-refractivity contribution in [3.63, 3.8) is 0 Å². The third-order valence-corrected chi connectivity index (χ3v) is 3.35. The topological polar surface area (TPSA) is 38.2 Å². The lowest BCUT2D eigenvalue weighted by atomic mass is 9.99. The van der Waals surface area contributed by atoms with Crippen LogP contribution in [0.1, 0.15) is 18.5 Å². The molecule has 1 aliphatic heterocycles. The van der Waals surface area contributed by atoms with Crippen LogP contribution in [0.5, 0.6) is 0 Å². The summed E-state index contributed by atoms with van der Waals surface area (Å²) in [5.41, 5.74) is 0.820. The molecular formula is C12H18ClN3O.